The molecule has 2 unspecified atom stereocenters. The van der Waals surface area contributed by atoms with Gasteiger partial charge >= 0.3 is 0 Å². The third-order valence-corrected chi connectivity index (χ3v) is 4.80. The third kappa shape index (κ3) is 3.85. The minimum absolute atomic E-state index is 0.166. The molecular weight excluding hydrogens is 262 g/mol. The fourth-order valence-corrected chi connectivity index (χ4v) is 3.17. The Morgan fingerprint density at radius 2 is 1.76 bits per heavy atom. The number of amides is 1. The summed E-state index contributed by atoms with van der Waals surface area (Å²) in [6.45, 7) is 1.91. The summed E-state index contributed by atoms with van der Waals surface area (Å²) in [5.41, 5.74) is 1.10. The molecule has 21 heavy (non-hydrogen) atoms. The largest absolute Gasteiger partial charge is 0.391 e. The molecule has 1 amide bonds. The van der Waals surface area contributed by atoms with E-state index in [0.29, 0.717) is 18.3 Å². The van der Waals surface area contributed by atoms with Gasteiger partial charge in [-0.15, -0.1) is 0 Å². The third-order valence-electron chi connectivity index (χ3n) is 4.80. The molecule has 2 aliphatic rings. The Labute approximate surface area is 126 Å². The van der Waals surface area contributed by atoms with Crippen molar-refractivity contribution in [1.29, 1.82) is 0 Å². The number of nitrogens with one attached hydrogen (secondary N) is 1. The summed E-state index contributed by atoms with van der Waals surface area (Å²) in [5.74, 6) is 1.59. The first-order valence-corrected chi connectivity index (χ1v) is 8.17. The maximum atomic E-state index is 12.5. The van der Waals surface area contributed by atoms with E-state index in [9.17, 15) is 9.90 Å². The van der Waals surface area contributed by atoms with Crippen molar-refractivity contribution < 1.29 is 9.90 Å². The molecule has 0 aliphatic heterocycles. The van der Waals surface area contributed by atoms with Crippen LogP contribution in [-0.4, -0.2) is 23.2 Å². The number of carbonyl (C=O) groups excluding carboxylic acids is 1. The molecule has 0 saturated heterocycles. The van der Waals surface area contributed by atoms with Crippen molar-refractivity contribution in [2.24, 2.45) is 17.8 Å². The van der Waals surface area contributed by atoms with Gasteiger partial charge in [0.2, 0.25) is 5.91 Å². The molecule has 3 heteroatoms. The zero-order chi connectivity index (χ0) is 14.8. The Balaban J connectivity index is 1.52. The van der Waals surface area contributed by atoms with E-state index in [0.717, 1.165) is 5.56 Å². The van der Waals surface area contributed by atoms with E-state index < -0.39 is 6.10 Å². The van der Waals surface area contributed by atoms with Crippen LogP contribution in [-0.2, 0) is 11.2 Å². The van der Waals surface area contributed by atoms with Crippen molar-refractivity contribution in [2.45, 2.75) is 51.2 Å². The smallest absolute Gasteiger partial charge is 0.223 e. The van der Waals surface area contributed by atoms with Gasteiger partial charge in [0.15, 0.2) is 0 Å². The lowest BCUT2D eigenvalue weighted by Crippen LogP contribution is -2.45. The Bertz CT molecular complexity index is 467. The van der Waals surface area contributed by atoms with Crippen LogP contribution >= 0.6 is 0 Å². The van der Waals surface area contributed by atoms with Crippen LogP contribution in [0.2, 0.25) is 0 Å². The highest BCUT2D eigenvalue weighted by molar-refractivity contribution is 5.80. The van der Waals surface area contributed by atoms with Crippen molar-refractivity contribution in [3.05, 3.63) is 35.9 Å². The van der Waals surface area contributed by atoms with Crippen molar-refractivity contribution in [3.63, 3.8) is 0 Å². The first kappa shape index (κ1) is 14.6. The Hall–Kier alpha value is -1.35. The molecule has 0 spiro atoms. The average Bonchev–Trinajstić information content (AvgIpc) is 3.34. The first-order chi connectivity index (χ1) is 10.1. The van der Waals surface area contributed by atoms with Gasteiger partial charge in [0.25, 0.3) is 0 Å². The second-order valence-corrected chi connectivity index (χ2v) is 6.75. The number of hydrogen-bond acceptors (Lipinski definition) is 2. The van der Waals surface area contributed by atoms with E-state index >= 15 is 0 Å². The lowest BCUT2D eigenvalue weighted by atomic mass is 9.95. The van der Waals surface area contributed by atoms with E-state index in [2.05, 4.69) is 5.32 Å². The van der Waals surface area contributed by atoms with E-state index in [4.69, 9.17) is 0 Å². The average molecular weight is 287 g/mol. The summed E-state index contributed by atoms with van der Waals surface area (Å²) >= 11 is 0. The molecule has 3 rings (SSSR count). The number of carbonyl (C=O) groups is 1. The molecule has 3 nitrogen and oxygen atoms in total. The van der Waals surface area contributed by atoms with Gasteiger partial charge in [-0.3, -0.25) is 4.79 Å². The predicted molar refractivity (Wildman–Crippen MR) is 82.7 cm³/mol. The van der Waals surface area contributed by atoms with E-state index in [1.165, 1.54) is 25.7 Å². The molecule has 1 aromatic carbocycles. The van der Waals surface area contributed by atoms with Gasteiger partial charge in [-0.2, -0.15) is 0 Å². The van der Waals surface area contributed by atoms with Gasteiger partial charge in [-0.05, 0) is 50.0 Å². The molecule has 2 aliphatic carbocycles. The standard InChI is InChI=1S/C18H25NO2/c1-12(16(20)11-13-5-3-2-4-6-13)19-18(21)17(14-7-8-14)15-9-10-15/h2-6,12,14-17,20H,7-11H2,1H3,(H,19,21). The summed E-state index contributed by atoms with van der Waals surface area (Å²) in [5, 5.41) is 13.3. The highest BCUT2D eigenvalue weighted by Gasteiger charge is 2.45. The van der Waals surface area contributed by atoms with Gasteiger partial charge in [-0.1, -0.05) is 30.3 Å². The van der Waals surface area contributed by atoms with Crippen LogP contribution in [0.5, 0.6) is 0 Å². The number of aliphatic hydroxyl groups excluding tert-OH is 1. The monoisotopic (exact) mass is 287 g/mol. The van der Waals surface area contributed by atoms with Gasteiger partial charge < -0.3 is 10.4 Å². The van der Waals surface area contributed by atoms with Gasteiger partial charge in [0, 0.05) is 12.3 Å². The van der Waals surface area contributed by atoms with Crippen LogP contribution in [0.3, 0.4) is 0 Å². The topological polar surface area (TPSA) is 49.3 Å². The van der Waals surface area contributed by atoms with Crippen molar-refractivity contribution in [3.8, 4) is 0 Å². The van der Waals surface area contributed by atoms with E-state index in [-0.39, 0.29) is 17.9 Å². The van der Waals surface area contributed by atoms with Crippen LogP contribution in [0, 0.1) is 17.8 Å². The molecule has 0 heterocycles. The van der Waals surface area contributed by atoms with Crippen LogP contribution in [0.4, 0.5) is 0 Å². The van der Waals surface area contributed by atoms with Crippen LogP contribution in [0.25, 0.3) is 0 Å². The lowest BCUT2D eigenvalue weighted by Gasteiger charge is -2.23. The zero-order valence-corrected chi connectivity index (χ0v) is 12.7. The molecule has 2 saturated carbocycles. The van der Waals surface area contributed by atoms with E-state index in [1.807, 2.05) is 37.3 Å². The number of benzene rings is 1. The zero-order valence-electron chi connectivity index (χ0n) is 12.7. The van der Waals surface area contributed by atoms with Gasteiger partial charge in [0.05, 0.1) is 12.1 Å². The Morgan fingerprint density at radius 1 is 1.19 bits per heavy atom. The number of hydrogen-bond donors (Lipinski definition) is 2. The van der Waals surface area contributed by atoms with E-state index in [1.54, 1.807) is 0 Å². The number of aliphatic hydroxyl groups is 1. The molecule has 0 aromatic heterocycles. The predicted octanol–water partition coefficient (Wildman–Crippen LogP) is 2.53. The second kappa shape index (κ2) is 6.18. The molecule has 1 aromatic rings. The molecule has 114 valence electrons. The van der Waals surface area contributed by atoms with Crippen LogP contribution in [0.15, 0.2) is 30.3 Å². The lowest BCUT2D eigenvalue weighted by molar-refractivity contribution is -0.127. The summed E-state index contributed by atoms with van der Waals surface area (Å²) in [6.07, 6.45) is 4.87. The fraction of sp³-hybridized carbons (Fsp3) is 0.611. The highest BCUT2D eigenvalue weighted by Crippen LogP contribution is 2.49. The molecule has 2 N–H and O–H groups in total. The molecule has 2 atom stereocenters. The fourth-order valence-electron chi connectivity index (χ4n) is 3.17. The van der Waals surface area contributed by atoms with Crippen molar-refractivity contribution >= 4 is 5.91 Å². The maximum Gasteiger partial charge on any atom is 0.223 e. The second-order valence-electron chi connectivity index (χ2n) is 6.75. The van der Waals surface area contributed by atoms with Crippen LogP contribution < -0.4 is 5.32 Å². The highest BCUT2D eigenvalue weighted by atomic mass is 16.3. The normalized spacial score (nSPS) is 21.1. The van der Waals surface area contributed by atoms with Crippen LogP contribution in [0.1, 0.15) is 38.2 Å². The summed E-state index contributed by atoms with van der Waals surface area (Å²) in [7, 11) is 0. The van der Waals surface area contributed by atoms with Gasteiger partial charge in [-0.25, -0.2) is 0 Å². The molecule has 0 bridgehead atoms. The Kier molecular flexibility index (Phi) is 4.29. The molecular formula is C18H25NO2. The quantitative estimate of drug-likeness (QED) is 0.809. The molecule has 2 fully saturated rings. The Morgan fingerprint density at radius 3 is 2.29 bits per heavy atom. The minimum Gasteiger partial charge on any atom is -0.391 e. The van der Waals surface area contributed by atoms with Gasteiger partial charge in [0.1, 0.15) is 0 Å². The van der Waals surface area contributed by atoms with Crippen molar-refractivity contribution in [2.75, 3.05) is 0 Å². The SMILES string of the molecule is CC(NC(=O)C(C1CC1)C1CC1)C(O)Cc1ccccc1. The maximum absolute atomic E-state index is 12.5. The molecule has 0 radical (unpaired) electrons. The summed E-state index contributed by atoms with van der Waals surface area (Å²) in [4.78, 5) is 12.5. The summed E-state index contributed by atoms with van der Waals surface area (Å²) < 4.78 is 0. The summed E-state index contributed by atoms with van der Waals surface area (Å²) in [6, 6.07) is 9.74. The first-order valence-electron chi connectivity index (χ1n) is 8.17. The van der Waals surface area contributed by atoms with Crippen molar-refractivity contribution in [1.82, 2.24) is 5.32 Å². The minimum atomic E-state index is -0.532. The number of rotatable bonds is 7.